The molecule has 1 aliphatic heterocycles. The minimum absolute atomic E-state index is 0.0498. The Hall–Kier alpha value is -2.26. The standard InChI is InChI=1S/C26H39N3O8S3/c1-5-36-12-13-40(34,35)28-20(23(31)32)16-27-22(30)21-15-18-14-19(38-24(18)39-21)7-6-17-8-10-29(11-9-17)25(33)37-26(2,3)4/h14-15,17,20,28H,5-13,16H2,1-4H3,(H,27,30)(H,31,32)/t20-/m0/s1. The molecule has 40 heavy (non-hydrogen) atoms. The lowest BCUT2D eigenvalue weighted by Gasteiger charge is -2.33. The normalized spacial score (nSPS) is 15.8. The summed E-state index contributed by atoms with van der Waals surface area (Å²) in [4.78, 5) is 39.9. The van der Waals surface area contributed by atoms with Gasteiger partial charge in [0.05, 0.1) is 21.3 Å². The molecule has 0 aliphatic carbocycles. The lowest BCUT2D eigenvalue weighted by Crippen LogP contribution is -2.49. The molecule has 3 N–H and O–H groups in total. The van der Waals surface area contributed by atoms with Crippen LogP contribution in [0.1, 0.15) is 61.5 Å². The molecule has 1 aliphatic rings. The lowest BCUT2D eigenvalue weighted by atomic mass is 9.92. The van der Waals surface area contributed by atoms with Crippen LogP contribution >= 0.6 is 22.7 Å². The Balaban J connectivity index is 1.47. The van der Waals surface area contributed by atoms with Crippen LogP contribution in [0.5, 0.6) is 0 Å². The van der Waals surface area contributed by atoms with E-state index in [1.165, 1.54) is 16.2 Å². The Morgan fingerprint density at radius 3 is 2.48 bits per heavy atom. The number of carbonyl (C=O) groups excluding carboxylic acids is 2. The molecule has 2 aromatic rings. The number of hydrogen-bond acceptors (Lipinski definition) is 9. The summed E-state index contributed by atoms with van der Waals surface area (Å²) in [5.41, 5.74) is -0.495. The van der Waals surface area contributed by atoms with Crippen molar-refractivity contribution in [3.63, 3.8) is 0 Å². The molecule has 0 spiro atoms. The summed E-state index contributed by atoms with van der Waals surface area (Å²) in [6, 6.07) is 2.37. The van der Waals surface area contributed by atoms with E-state index in [2.05, 4.69) is 16.1 Å². The van der Waals surface area contributed by atoms with Crippen molar-refractivity contribution in [3.05, 3.63) is 21.9 Å². The zero-order valence-corrected chi connectivity index (χ0v) is 25.8. The van der Waals surface area contributed by atoms with E-state index in [4.69, 9.17) is 9.47 Å². The van der Waals surface area contributed by atoms with Crippen molar-refractivity contribution in [1.29, 1.82) is 0 Å². The van der Waals surface area contributed by atoms with Gasteiger partial charge in [-0.15, -0.1) is 22.7 Å². The van der Waals surface area contributed by atoms with Crippen LogP contribution in [0.15, 0.2) is 12.1 Å². The van der Waals surface area contributed by atoms with E-state index in [0.717, 1.165) is 35.1 Å². The fraction of sp³-hybridized carbons (Fsp3) is 0.654. The number of rotatable bonds is 13. The number of fused-ring (bicyclic) bond motifs is 1. The molecule has 1 fully saturated rings. The molecule has 0 radical (unpaired) electrons. The van der Waals surface area contributed by atoms with Gasteiger partial charge in [-0.3, -0.25) is 9.59 Å². The summed E-state index contributed by atoms with van der Waals surface area (Å²) < 4.78 is 37.8. The highest BCUT2D eigenvalue weighted by atomic mass is 32.2. The van der Waals surface area contributed by atoms with Gasteiger partial charge in [-0.05, 0) is 71.4 Å². The number of aliphatic carboxylic acids is 1. The van der Waals surface area contributed by atoms with Crippen LogP contribution in [-0.4, -0.2) is 86.6 Å². The molecule has 224 valence electrons. The van der Waals surface area contributed by atoms with Crippen molar-refractivity contribution >= 4 is 60.1 Å². The monoisotopic (exact) mass is 617 g/mol. The number of piperidine rings is 1. The number of amides is 2. The second kappa shape index (κ2) is 14.1. The average Bonchev–Trinajstić information content (AvgIpc) is 3.43. The van der Waals surface area contributed by atoms with Crippen molar-refractivity contribution in [2.75, 3.05) is 38.6 Å². The fourth-order valence-corrected chi connectivity index (χ4v) is 7.75. The third-order valence-electron chi connectivity index (χ3n) is 6.34. The Morgan fingerprint density at radius 1 is 1.18 bits per heavy atom. The number of carbonyl (C=O) groups is 3. The number of nitrogens with zero attached hydrogens (tertiary/aromatic N) is 1. The molecule has 3 heterocycles. The fourth-order valence-electron chi connectivity index (χ4n) is 4.25. The van der Waals surface area contributed by atoms with Gasteiger partial charge in [-0.25, -0.2) is 13.2 Å². The molecular weight excluding hydrogens is 579 g/mol. The maximum atomic E-state index is 12.7. The number of aryl methyl sites for hydroxylation is 1. The molecular formula is C26H39N3O8S3. The van der Waals surface area contributed by atoms with Crippen LogP contribution in [0.25, 0.3) is 9.40 Å². The number of hydrogen-bond donors (Lipinski definition) is 3. The van der Waals surface area contributed by atoms with E-state index in [9.17, 15) is 27.9 Å². The lowest BCUT2D eigenvalue weighted by molar-refractivity contribution is -0.138. The summed E-state index contributed by atoms with van der Waals surface area (Å²) in [5.74, 6) is -1.66. The van der Waals surface area contributed by atoms with Gasteiger partial charge in [-0.2, -0.15) is 4.72 Å². The molecule has 14 heteroatoms. The molecule has 2 aromatic heterocycles. The van der Waals surface area contributed by atoms with Crippen molar-refractivity contribution in [3.8, 4) is 0 Å². The quantitative estimate of drug-likeness (QED) is 0.288. The van der Waals surface area contributed by atoms with Gasteiger partial charge in [0.15, 0.2) is 0 Å². The zero-order valence-electron chi connectivity index (χ0n) is 23.4. The SMILES string of the molecule is CCOCCS(=O)(=O)N[C@@H](CNC(=O)c1cc2cc(CCC3CCN(C(=O)OC(C)(C)C)CC3)sc2s1)C(=O)O. The minimum atomic E-state index is -3.88. The van der Waals surface area contributed by atoms with Crippen LogP contribution in [0.3, 0.4) is 0 Å². The van der Waals surface area contributed by atoms with E-state index in [1.807, 2.05) is 20.8 Å². The Kier molecular flexibility index (Phi) is 11.4. The number of nitrogens with one attached hydrogen (secondary N) is 2. The maximum Gasteiger partial charge on any atom is 0.410 e. The Morgan fingerprint density at radius 2 is 1.88 bits per heavy atom. The molecule has 11 nitrogen and oxygen atoms in total. The van der Waals surface area contributed by atoms with Crippen molar-refractivity contribution < 1.29 is 37.4 Å². The highest BCUT2D eigenvalue weighted by Crippen LogP contribution is 2.35. The predicted molar refractivity (Wildman–Crippen MR) is 156 cm³/mol. The van der Waals surface area contributed by atoms with Gasteiger partial charge in [0.2, 0.25) is 10.0 Å². The number of carboxylic acids is 1. The highest BCUT2D eigenvalue weighted by molar-refractivity contribution is 7.89. The van der Waals surface area contributed by atoms with E-state index >= 15 is 0 Å². The largest absolute Gasteiger partial charge is 0.480 e. The van der Waals surface area contributed by atoms with Gasteiger partial charge >= 0.3 is 12.1 Å². The van der Waals surface area contributed by atoms with Gasteiger partial charge in [0.25, 0.3) is 5.91 Å². The number of sulfonamides is 1. The minimum Gasteiger partial charge on any atom is -0.480 e. The van der Waals surface area contributed by atoms with E-state index in [0.29, 0.717) is 30.5 Å². The third-order valence-corrected chi connectivity index (χ3v) is 10.1. The first-order valence-corrected chi connectivity index (χ1v) is 16.6. The van der Waals surface area contributed by atoms with Gasteiger partial charge < -0.3 is 24.8 Å². The molecule has 2 amide bonds. The van der Waals surface area contributed by atoms with Crippen molar-refractivity contribution in [2.45, 2.75) is 65.0 Å². The summed E-state index contributed by atoms with van der Waals surface area (Å²) in [7, 11) is -3.88. The predicted octanol–water partition coefficient (Wildman–Crippen LogP) is 3.68. The van der Waals surface area contributed by atoms with Gasteiger partial charge in [0, 0.05) is 36.5 Å². The molecule has 0 aromatic carbocycles. The Labute approximate surface area is 243 Å². The highest BCUT2D eigenvalue weighted by Gasteiger charge is 2.27. The Bertz CT molecular complexity index is 1240. The second-order valence-corrected chi connectivity index (χ2v) is 15.1. The summed E-state index contributed by atoms with van der Waals surface area (Å²) in [6.45, 7) is 8.66. The first-order valence-electron chi connectivity index (χ1n) is 13.3. The number of thiophene rings is 2. The summed E-state index contributed by atoms with van der Waals surface area (Å²) in [5, 5.41) is 12.9. The smallest absolute Gasteiger partial charge is 0.410 e. The molecule has 3 rings (SSSR count). The van der Waals surface area contributed by atoms with Gasteiger partial charge in [-0.1, -0.05) is 0 Å². The molecule has 0 bridgehead atoms. The maximum absolute atomic E-state index is 12.7. The number of carboxylic acid groups (broad SMARTS) is 1. The van der Waals surface area contributed by atoms with Crippen LogP contribution in [-0.2, 0) is 30.7 Å². The topological polar surface area (TPSA) is 151 Å². The zero-order chi connectivity index (χ0) is 29.5. The first kappa shape index (κ1) is 32.3. The van der Waals surface area contributed by atoms with Crippen LogP contribution < -0.4 is 10.0 Å². The second-order valence-electron chi connectivity index (χ2n) is 10.8. The summed E-state index contributed by atoms with van der Waals surface area (Å²) in [6.07, 6.45) is 3.60. The summed E-state index contributed by atoms with van der Waals surface area (Å²) >= 11 is 2.97. The van der Waals surface area contributed by atoms with Crippen LogP contribution in [0.4, 0.5) is 4.79 Å². The third kappa shape index (κ3) is 9.98. The van der Waals surface area contributed by atoms with Gasteiger partial charge in [0.1, 0.15) is 11.6 Å². The van der Waals surface area contributed by atoms with E-state index in [1.54, 1.807) is 29.2 Å². The number of likely N-dealkylation sites (tertiary alicyclic amines) is 1. The molecule has 1 saturated heterocycles. The molecule has 0 saturated carbocycles. The molecule has 1 atom stereocenters. The van der Waals surface area contributed by atoms with E-state index < -0.39 is 33.5 Å². The van der Waals surface area contributed by atoms with Crippen molar-refractivity contribution in [1.82, 2.24) is 14.9 Å². The molecule has 0 unspecified atom stereocenters. The first-order chi connectivity index (χ1) is 18.8. The van der Waals surface area contributed by atoms with Crippen LogP contribution in [0, 0.1) is 5.92 Å². The van der Waals surface area contributed by atoms with E-state index in [-0.39, 0.29) is 25.0 Å². The number of ether oxygens (including phenoxy) is 2. The van der Waals surface area contributed by atoms with Crippen molar-refractivity contribution in [2.24, 2.45) is 5.92 Å². The average molecular weight is 618 g/mol. The van der Waals surface area contributed by atoms with Crippen LogP contribution in [0.2, 0.25) is 0 Å².